The first kappa shape index (κ1) is 15.3. The summed E-state index contributed by atoms with van der Waals surface area (Å²) in [5.74, 6) is 0.944. The summed E-state index contributed by atoms with van der Waals surface area (Å²) in [5, 5.41) is 0. The van der Waals surface area contributed by atoms with Gasteiger partial charge in [-0.1, -0.05) is 32.6 Å². The van der Waals surface area contributed by atoms with Crippen molar-refractivity contribution in [2.45, 2.75) is 69.9 Å². The molecule has 1 aliphatic heterocycles. The van der Waals surface area contributed by atoms with Crippen molar-refractivity contribution in [1.29, 1.82) is 0 Å². The van der Waals surface area contributed by atoms with E-state index in [0.717, 1.165) is 19.0 Å². The first-order valence-corrected chi connectivity index (χ1v) is 8.22. The van der Waals surface area contributed by atoms with E-state index in [0.29, 0.717) is 6.10 Å². The predicted molar refractivity (Wildman–Crippen MR) is 80.3 cm³/mol. The summed E-state index contributed by atoms with van der Waals surface area (Å²) in [7, 11) is 1.84. The quantitative estimate of drug-likeness (QED) is 0.779. The fourth-order valence-corrected chi connectivity index (χ4v) is 4.16. The standard InChI is InChI=1S/C16H32N2O/c1-3-5-14-6-4-9-16(13-17,10-7-14)18-11-8-15(12-18)19-2/h14-15H,3-13,17H2,1-2H3. The molecular weight excluding hydrogens is 236 g/mol. The van der Waals surface area contributed by atoms with Crippen LogP contribution in [-0.4, -0.2) is 43.3 Å². The molecule has 2 N–H and O–H groups in total. The maximum atomic E-state index is 6.21. The molecule has 0 aromatic carbocycles. The molecule has 0 bridgehead atoms. The van der Waals surface area contributed by atoms with E-state index in [1.165, 1.54) is 57.9 Å². The van der Waals surface area contributed by atoms with Gasteiger partial charge in [0.1, 0.15) is 0 Å². The van der Waals surface area contributed by atoms with E-state index in [-0.39, 0.29) is 5.54 Å². The molecule has 3 unspecified atom stereocenters. The molecular formula is C16H32N2O. The lowest BCUT2D eigenvalue weighted by Gasteiger charge is -2.41. The molecule has 2 rings (SSSR count). The van der Waals surface area contributed by atoms with Crippen LogP contribution in [0.25, 0.3) is 0 Å². The highest BCUT2D eigenvalue weighted by atomic mass is 16.5. The van der Waals surface area contributed by atoms with Crippen molar-refractivity contribution < 1.29 is 4.74 Å². The normalized spacial score (nSPS) is 37.4. The van der Waals surface area contributed by atoms with Crippen molar-refractivity contribution >= 4 is 0 Å². The number of hydrogen-bond acceptors (Lipinski definition) is 3. The van der Waals surface area contributed by atoms with E-state index in [1.807, 2.05) is 7.11 Å². The zero-order chi connectivity index (χ0) is 13.7. The third kappa shape index (κ3) is 3.50. The van der Waals surface area contributed by atoms with Gasteiger partial charge in [-0.15, -0.1) is 0 Å². The molecule has 0 aromatic heterocycles. The molecule has 0 spiro atoms. The predicted octanol–water partition coefficient (Wildman–Crippen LogP) is 2.79. The largest absolute Gasteiger partial charge is 0.380 e. The summed E-state index contributed by atoms with van der Waals surface area (Å²) < 4.78 is 5.53. The Balaban J connectivity index is 1.98. The second-order valence-electron chi connectivity index (χ2n) is 6.61. The van der Waals surface area contributed by atoms with Crippen molar-refractivity contribution in [3.8, 4) is 0 Å². The van der Waals surface area contributed by atoms with E-state index in [9.17, 15) is 0 Å². The maximum absolute atomic E-state index is 6.21. The molecule has 3 nitrogen and oxygen atoms in total. The van der Waals surface area contributed by atoms with Gasteiger partial charge in [-0.3, -0.25) is 4.90 Å². The van der Waals surface area contributed by atoms with Crippen LogP contribution >= 0.6 is 0 Å². The van der Waals surface area contributed by atoms with Crippen LogP contribution in [-0.2, 0) is 4.74 Å². The zero-order valence-corrected chi connectivity index (χ0v) is 12.9. The highest BCUT2D eigenvalue weighted by molar-refractivity contribution is 4.97. The number of nitrogens with zero attached hydrogens (tertiary/aromatic N) is 1. The van der Waals surface area contributed by atoms with E-state index in [1.54, 1.807) is 0 Å². The fraction of sp³-hybridized carbons (Fsp3) is 1.00. The number of methoxy groups -OCH3 is 1. The lowest BCUT2D eigenvalue weighted by Crippen LogP contribution is -2.53. The molecule has 1 heterocycles. The number of hydrogen-bond donors (Lipinski definition) is 1. The van der Waals surface area contributed by atoms with Gasteiger partial charge in [-0.25, -0.2) is 0 Å². The smallest absolute Gasteiger partial charge is 0.0710 e. The summed E-state index contributed by atoms with van der Waals surface area (Å²) >= 11 is 0. The lowest BCUT2D eigenvalue weighted by molar-refractivity contribution is 0.0641. The highest BCUT2D eigenvalue weighted by Crippen LogP contribution is 2.37. The summed E-state index contributed by atoms with van der Waals surface area (Å²) in [5.41, 5.74) is 6.48. The van der Waals surface area contributed by atoms with Gasteiger partial charge >= 0.3 is 0 Å². The van der Waals surface area contributed by atoms with E-state index >= 15 is 0 Å². The Hall–Kier alpha value is -0.120. The Morgan fingerprint density at radius 1 is 1.26 bits per heavy atom. The second-order valence-corrected chi connectivity index (χ2v) is 6.61. The van der Waals surface area contributed by atoms with Crippen molar-refractivity contribution in [2.24, 2.45) is 11.7 Å². The summed E-state index contributed by atoms with van der Waals surface area (Å²) in [6.07, 6.45) is 11.1. The van der Waals surface area contributed by atoms with Crippen LogP contribution in [0, 0.1) is 5.92 Å². The Bertz CT molecular complexity index is 271. The molecule has 3 atom stereocenters. The topological polar surface area (TPSA) is 38.5 Å². The molecule has 1 saturated carbocycles. The van der Waals surface area contributed by atoms with Gasteiger partial charge in [0.15, 0.2) is 0 Å². The van der Waals surface area contributed by atoms with Crippen LogP contribution in [0.15, 0.2) is 0 Å². The van der Waals surface area contributed by atoms with E-state index in [2.05, 4.69) is 11.8 Å². The molecule has 3 heteroatoms. The minimum atomic E-state index is 0.274. The zero-order valence-electron chi connectivity index (χ0n) is 12.9. The van der Waals surface area contributed by atoms with E-state index < -0.39 is 0 Å². The van der Waals surface area contributed by atoms with Crippen LogP contribution in [0.5, 0.6) is 0 Å². The van der Waals surface area contributed by atoms with Gasteiger partial charge in [-0.2, -0.15) is 0 Å². The van der Waals surface area contributed by atoms with Crippen molar-refractivity contribution in [2.75, 3.05) is 26.7 Å². The van der Waals surface area contributed by atoms with Gasteiger partial charge in [0, 0.05) is 32.3 Å². The molecule has 0 amide bonds. The SMILES string of the molecule is CCCC1CCCC(CN)(N2CCC(OC)C2)CC1. The molecule has 2 aliphatic rings. The minimum absolute atomic E-state index is 0.274. The third-order valence-corrected chi connectivity index (χ3v) is 5.50. The van der Waals surface area contributed by atoms with Crippen LogP contribution in [0.2, 0.25) is 0 Å². The Morgan fingerprint density at radius 2 is 2.11 bits per heavy atom. The van der Waals surface area contributed by atoms with Crippen molar-refractivity contribution in [3.63, 3.8) is 0 Å². The molecule has 1 aliphatic carbocycles. The average Bonchev–Trinajstić information content (AvgIpc) is 2.83. The molecule has 1 saturated heterocycles. The van der Waals surface area contributed by atoms with Gasteiger partial charge in [0.05, 0.1) is 6.10 Å². The number of likely N-dealkylation sites (tertiary alicyclic amines) is 1. The Kier molecular flexibility index (Phi) is 5.67. The monoisotopic (exact) mass is 268 g/mol. The number of nitrogens with two attached hydrogens (primary N) is 1. The van der Waals surface area contributed by atoms with Gasteiger partial charge in [0.2, 0.25) is 0 Å². The van der Waals surface area contributed by atoms with E-state index in [4.69, 9.17) is 10.5 Å². The number of ether oxygens (including phenoxy) is 1. The van der Waals surface area contributed by atoms with Gasteiger partial charge in [0.25, 0.3) is 0 Å². The molecule has 0 radical (unpaired) electrons. The first-order chi connectivity index (χ1) is 9.24. The van der Waals surface area contributed by atoms with Crippen molar-refractivity contribution in [1.82, 2.24) is 4.90 Å². The van der Waals surface area contributed by atoms with Crippen LogP contribution in [0.4, 0.5) is 0 Å². The summed E-state index contributed by atoms with van der Waals surface area (Å²) in [4.78, 5) is 2.65. The van der Waals surface area contributed by atoms with Crippen LogP contribution in [0.1, 0.15) is 58.3 Å². The Labute approximate surface area is 118 Å². The van der Waals surface area contributed by atoms with Gasteiger partial charge in [-0.05, 0) is 31.6 Å². The summed E-state index contributed by atoms with van der Waals surface area (Å²) in [6.45, 7) is 5.40. The molecule has 112 valence electrons. The molecule has 0 aromatic rings. The Morgan fingerprint density at radius 3 is 2.74 bits per heavy atom. The third-order valence-electron chi connectivity index (χ3n) is 5.50. The van der Waals surface area contributed by atoms with Gasteiger partial charge < -0.3 is 10.5 Å². The second kappa shape index (κ2) is 7.05. The average molecular weight is 268 g/mol. The first-order valence-electron chi connectivity index (χ1n) is 8.22. The van der Waals surface area contributed by atoms with Crippen LogP contribution < -0.4 is 5.73 Å². The maximum Gasteiger partial charge on any atom is 0.0710 e. The highest BCUT2D eigenvalue weighted by Gasteiger charge is 2.40. The minimum Gasteiger partial charge on any atom is -0.380 e. The fourth-order valence-electron chi connectivity index (χ4n) is 4.16. The number of rotatable bonds is 5. The van der Waals surface area contributed by atoms with Crippen LogP contribution in [0.3, 0.4) is 0 Å². The van der Waals surface area contributed by atoms with Crippen molar-refractivity contribution in [3.05, 3.63) is 0 Å². The summed E-state index contributed by atoms with van der Waals surface area (Å²) in [6, 6.07) is 0. The molecule has 19 heavy (non-hydrogen) atoms. The molecule has 2 fully saturated rings. The lowest BCUT2D eigenvalue weighted by atomic mass is 9.87.